The van der Waals surface area contributed by atoms with Gasteiger partial charge >= 0.3 is 6.18 Å². The average molecular weight is 424 g/mol. The van der Waals surface area contributed by atoms with Crippen LogP contribution in [0.2, 0.25) is 5.02 Å². The molecule has 3 aromatic rings. The Hall–Kier alpha value is -2.81. The van der Waals surface area contributed by atoms with Gasteiger partial charge in [-0.25, -0.2) is 10.1 Å². The van der Waals surface area contributed by atoms with Crippen molar-refractivity contribution in [3.05, 3.63) is 74.2 Å². The Kier molecular flexibility index (Phi) is 4.85. The van der Waals surface area contributed by atoms with Gasteiger partial charge in [0.05, 0.1) is 24.0 Å². The number of anilines is 1. The number of rotatable bonds is 3. The van der Waals surface area contributed by atoms with Crippen molar-refractivity contribution in [2.24, 2.45) is 0 Å². The van der Waals surface area contributed by atoms with Crippen molar-refractivity contribution in [1.29, 1.82) is 0 Å². The lowest BCUT2D eigenvalue weighted by atomic mass is 10.00. The van der Waals surface area contributed by atoms with E-state index in [0.717, 1.165) is 0 Å². The summed E-state index contributed by atoms with van der Waals surface area (Å²) < 4.78 is 42.2. The van der Waals surface area contributed by atoms with E-state index in [1.165, 1.54) is 18.3 Å². The molecular weight excluding hydrogens is 407 g/mol. The van der Waals surface area contributed by atoms with Crippen LogP contribution >= 0.6 is 11.6 Å². The maximum Gasteiger partial charge on any atom is 0.416 e. The zero-order chi connectivity index (χ0) is 20.8. The van der Waals surface area contributed by atoms with Gasteiger partial charge < -0.3 is 9.47 Å². The molecule has 6 nitrogen and oxygen atoms in total. The fourth-order valence-electron chi connectivity index (χ4n) is 3.57. The van der Waals surface area contributed by atoms with Crippen molar-refractivity contribution in [2.75, 3.05) is 11.4 Å². The monoisotopic (exact) mass is 423 g/mol. The summed E-state index contributed by atoms with van der Waals surface area (Å²) in [6.45, 7) is 3.07. The lowest BCUT2D eigenvalue weighted by Crippen LogP contribution is -2.35. The fraction of sp³-hybridized carbons (Fsp3) is 0.316. The standard InChI is InChI=1S/C19H17ClF3N5O/c1-11-2-3-12(14(6-11)19(21,22)23)7-13-8-24-16-10-27(4-5-28(13)16)15-9-25-26-18(29)17(15)20/h2-3,6,8-9H,4-5,7,10H2,1H3,(H,26,29). The predicted octanol–water partition coefficient (Wildman–Crippen LogP) is 3.56. The number of nitrogens with zero attached hydrogens (tertiary/aromatic N) is 4. The van der Waals surface area contributed by atoms with E-state index in [9.17, 15) is 18.0 Å². The number of hydrogen-bond acceptors (Lipinski definition) is 4. The number of H-pyrrole nitrogens is 1. The smallest absolute Gasteiger partial charge is 0.360 e. The molecule has 0 radical (unpaired) electrons. The van der Waals surface area contributed by atoms with Crippen molar-refractivity contribution in [1.82, 2.24) is 19.7 Å². The van der Waals surface area contributed by atoms with Gasteiger partial charge in [0.15, 0.2) is 0 Å². The average Bonchev–Trinajstić information content (AvgIpc) is 3.06. The molecule has 1 aromatic carbocycles. The largest absolute Gasteiger partial charge is 0.416 e. The number of fused-ring (bicyclic) bond motifs is 1. The summed E-state index contributed by atoms with van der Waals surface area (Å²) in [5.74, 6) is 0.697. The van der Waals surface area contributed by atoms with Gasteiger partial charge in [-0.1, -0.05) is 29.3 Å². The first kappa shape index (κ1) is 19.5. The number of aromatic amines is 1. The fourth-order valence-corrected chi connectivity index (χ4v) is 3.78. The van der Waals surface area contributed by atoms with Gasteiger partial charge in [0, 0.05) is 31.4 Å². The number of imidazole rings is 1. The molecule has 4 rings (SSSR count). The van der Waals surface area contributed by atoms with Crippen molar-refractivity contribution in [3.63, 3.8) is 0 Å². The van der Waals surface area contributed by atoms with Gasteiger partial charge in [0.1, 0.15) is 10.8 Å². The van der Waals surface area contributed by atoms with Crippen LogP contribution in [0, 0.1) is 6.92 Å². The summed E-state index contributed by atoms with van der Waals surface area (Å²) in [6, 6.07) is 4.38. The van der Waals surface area contributed by atoms with Gasteiger partial charge in [0.2, 0.25) is 0 Å². The van der Waals surface area contributed by atoms with Crippen LogP contribution < -0.4 is 10.5 Å². The molecular formula is C19H17ClF3N5O. The molecule has 1 aliphatic rings. The highest BCUT2D eigenvalue weighted by atomic mass is 35.5. The lowest BCUT2D eigenvalue weighted by molar-refractivity contribution is -0.138. The molecule has 1 aliphatic heterocycles. The molecule has 0 saturated heterocycles. The van der Waals surface area contributed by atoms with Crippen molar-refractivity contribution in [3.8, 4) is 0 Å². The maximum absolute atomic E-state index is 13.4. The second kappa shape index (κ2) is 7.22. The van der Waals surface area contributed by atoms with Gasteiger partial charge in [-0.3, -0.25) is 4.79 Å². The number of aromatic nitrogens is 4. The molecule has 0 unspecified atom stereocenters. The van der Waals surface area contributed by atoms with Crippen LogP contribution in [0.4, 0.5) is 18.9 Å². The van der Waals surface area contributed by atoms with Gasteiger partial charge in [-0.15, -0.1) is 0 Å². The number of nitrogens with one attached hydrogen (secondary N) is 1. The summed E-state index contributed by atoms with van der Waals surface area (Å²) in [5, 5.41) is 6.10. The van der Waals surface area contributed by atoms with Crippen LogP contribution in [0.3, 0.4) is 0 Å². The van der Waals surface area contributed by atoms with E-state index in [4.69, 9.17) is 11.6 Å². The minimum atomic E-state index is -4.41. The molecule has 0 saturated carbocycles. The lowest BCUT2D eigenvalue weighted by Gasteiger charge is -2.30. The molecule has 10 heteroatoms. The van der Waals surface area contributed by atoms with E-state index < -0.39 is 17.3 Å². The highest BCUT2D eigenvalue weighted by molar-refractivity contribution is 6.32. The normalized spacial score (nSPS) is 14.2. The molecule has 2 aromatic heterocycles. The first-order valence-electron chi connectivity index (χ1n) is 8.92. The zero-order valence-electron chi connectivity index (χ0n) is 15.4. The minimum absolute atomic E-state index is 0.0507. The Bertz CT molecular complexity index is 1120. The van der Waals surface area contributed by atoms with Crippen LogP contribution in [-0.4, -0.2) is 26.3 Å². The molecule has 0 spiro atoms. The maximum atomic E-state index is 13.4. The van der Waals surface area contributed by atoms with E-state index in [1.807, 2.05) is 9.47 Å². The van der Waals surface area contributed by atoms with Crippen LogP contribution in [0.25, 0.3) is 0 Å². The molecule has 3 heterocycles. The number of aryl methyl sites for hydroxylation is 1. The topological polar surface area (TPSA) is 66.8 Å². The van der Waals surface area contributed by atoms with Crippen molar-refractivity contribution >= 4 is 17.3 Å². The number of benzene rings is 1. The predicted molar refractivity (Wildman–Crippen MR) is 102 cm³/mol. The van der Waals surface area contributed by atoms with Crippen molar-refractivity contribution < 1.29 is 13.2 Å². The SMILES string of the molecule is Cc1ccc(Cc2cnc3n2CCN(c2cn[nH]c(=O)c2Cl)C3)c(C(F)(F)F)c1. The third-order valence-electron chi connectivity index (χ3n) is 5.01. The first-order chi connectivity index (χ1) is 13.7. The number of alkyl halides is 3. The van der Waals surface area contributed by atoms with E-state index in [1.54, 1.807) is 19.2 Å². The van der Waals surface area contributed by atoms with Gasteiger partial charge in [-0.2, -0.15) is 18.3 Å². The molecule has 0 bridgehead atoms. The molecule has 29 heavy (non-hydrogen) atoms. The summed E-state index contributed by atoms with van der Waals surface area (Å²) in [7, 11) is 0. The van der Waals surface area contributed by atoms with E-state index >= 15 is 0 Å². The number of hydrogen-bond donors (Lipinski definition) is 1. The highest BCUT2D eigenvalue weighted by Crippen LogP contribution is 2.34. The first-order valence-corrected chi connectivity index (χ1v) is 9.30. The van der Waals surface area contributed by atoms with Crippen molar-refractivity contribution in [2.45, 2.75) is 32.6 Å². The second-order valence-corrected chi connectivity index (χ2v) is 7.35. The van der Waals surface area contributed by atoms with E-state index in [0.29, 0.717) is 42.4 Å². The minimum Gasteiger partial charge on any atom is -0.360 e. The Morgan fingerprint density at radius 1 is 1.24 bits per heavy atom. The van der Waals surface area contributed by atoms with Crippen LogP contribution in [0.15, 0.2) is 35.4 Å². The van der Waals surface area contributed by atoms with Crippen LogP contribution in [-0.2, 0) is 25.7 Å². The third kappa shape index (κ3) is 3.74. The summed E-state index contributed by atoms with van der Waals surface area (Å²) >= 11 is 6.08. The summed E-state index contributed by atoms with van der Waals surface area (Å²) in [6.07, 6.45) is -1.19. The Balaban J connectivity index is 1.62. The highest BCUT2D eigenvalue weighted by Gasteiger charge is 2.33. The summed E-state index contributed by atoms with van der Waals surface area (Å²) in [4.78, 5) is 17.9. The Morgan fingerprint density at radius 2 is 2.03 bits per heavy atom. The quantitative estimate of drug-likeness (QED) is 0.699. The molecule has 0 amide bonds. The second-order valence-electron chi connectivity index (χ2n) is 6.97. The van der Waals surface area contributed by atoms with E-state index in [-0.39, 0.29) is 17.0 Å². The molecule has 152 valence electrons. The van der Waals surface area contributed by atoms with Gasteiger partial charge in [-0.05, 0) is 18.6 Å². The Morgan fingerprint density at radius 3 is 2.79 bits per heavy atom. The zero-order valence-corrected chi connectivity index (χ0v) is 16.2. The van der Waals surface area contributed by atoms with Crippen LogP contribution in [0.5, 0.6) is 0 Å². The van der Waals surface area contributed by atoms with E-state index in [2.05, 4.69) is 15.2 Å². The van der Waals surface area contributed by atoms with Gasteiger partial charge in [0.25, 0.3) is 5.56 Å². The summed E-state index contributed by atoms with van der Waals surface area (Å²) in [5.41, 5.74) is 0.906. The van der Waals surface area contributed by atoms with Crippen LogP contribution in [0.1, 0.15) is 28.2 Å². The molecule has 0 aliphatic carbocycles. The third-order valence-corrected chi connectivity index (χ3v) is 5.37. The molecule has 1 N–H and O–H groups in total. The number of halogens is 4. The molecule has 0 fully saturated rings. The Labute approximate surface area is 168 Å². The molecule has 0 atom stereocenters.